The topological polar surface area (TPSA) is 34.5 Å². The van der Waals surface area contributed by atoms with E-state index in [0.717, 1.165) is 27.9 Å². The van der Waals surface area contributed by atoms with E-state index in [-0.39, 0.29) is 5.91 Å². The molecule has 0 saturated carbocycles. The quantitative estimate of drug-likeness (QED) is 0.711. The van der Waals surface area contributed by atoms with E-state index in [9.17, 15) is 4.79 Å². The Kier molecular flexibility index (Phi) is 4.56. The number of likely N-dealkylation sites (N-methyl/N-ethyl adjacent to an activating group) is 1. The number of aromatic nitrogens is 1. The van der Waals surface area contributed by atoms with Gasteiger partial charge in [0, 0.05) is 29.3 Å². The van der Waals surface area contributed by atoms with E-state index in [2.05, 4.69) is 0 Å². The van der Waals surface area contributed by atoms with E-state index >= 15 is 0 Å². The molecule has 0 spiro atoms. The van der Waals surface area contributed by atoms with E-state index in [1.807, 2.05) is 78.0 Å². The number of aryl methyl sites for hydroxylation is 1. The third-order valence-electron chi connectivity index (χ3n) is 4.21. The maximum absolute atomic E-state index is 12.8. The van der Waals surface area contributed by atoms with Crippen LogP contribution in [0.25, 0.3) is 10.9 Å². The fraction of sp³-hybridized carbons (Fsp3) is 0.250. The lowest BCUT2D eigenvalue weighted by molar-refractivity contribution is -0.119. The molecule has 0 aliphatic carbocycles. The van der Waals surface area contributed by atoms with Crippen LogP contribution in [-0.2, 0) is 11.3 Å². The van der Waals surface area contributed by atoms with Crippen LogP contribution in [0.3, 0.4) is 0 Å². The number of hydrogen-bond acceptors (Lipinski definition) is 2. The Morgan fingerprint density at radius 1 is 1.17 bits per heavy atom. The highest BCUT2D eigenvalue weighted by Gasteiger charge is 2.15. The summed E-state index contributed by atoms with van der Waals surface area (Å²) >= 11 is 0. The molecule has 1 heterocycles. The van der Waals surface area contributed by atoms with Crippen molar-refractivity contribution in [3.8, 4) is 5.75 Å². The average molecular weight is 322 g/mol. The number of nitrogens with zero attached hydrogens (tertiary/aromatic N) is 2. The molecule has 0 aliphatic rings. The number of anilines is 1. The zero-order chi connectivity index (χ0) is 17.1. The molecule has 24 heavy (non-hydrogen) atoms. The second-order valence-electron chi connectivity index (χ2n) is 5.85. The number of ether oxygens (including phenoxy) is 1. The maximum atomic E-state index is 12.8. The molecule has 0 radical (unpaired) electrons. The van der Waals surface area contributed by atoms with Crippen molar-refractivity contribution in [2.75, 3.05) is 18.6 Å². The van der Waals surface area contributed by atoms with E-state index in [1.165, 1.54) is 0 Å². The number of carbonyl (C=O) groups excluding carboxylic acids is 1. The fourth-order valence-electron chi connectivity index (χ4n) is 2.97. The first-order chi connectivity index (χ1) is 11.6. The summed E-state index contributed by atoms with van der Waals surface area (Å²) in [5.41, 5.74) is 3.13. The molecule has 4 heteroatoms. The monoisotopic (exact) mass is 322 g/mol. The summed E-state index contributed by atoms with van der Waals surface area (Å²) in [5, 5.41) is 1.07. The van der Waals surface area contributed by atoms with Gasteiger partial charge in [0.1, 0.15) is 12.3 Å². The van der Waals surface area contributed by atoms with Crippen molar-refractivity contribution in [1.29, 1.82) is 0 Å². The molecule has 0 N–H and O–H groups in total. The highest BCUT2D eigenvalue weighted by Crippen LogP contribution is 2.22. The van der Waals surface area contributed by atoms with Gasteiger partial charge >= 0.3 is 0 Å². The summed E-state index contributed by atoms with van der Waals surface area (Å²) in [6.07, 6.45) is 1.95. The predicted molar refractivity (Wildman–Crippen MR) is 97.7 cm³/mol. The number of hydrogen-bond donors (Lipinski definition) is 0. The number of amides is 1. The highest BCUT2D eigenvalue weighted by atomic mass is 16.5. The van der Waals surface area contributed by atoms with Crippen molar-refractivity contribution in [1.82, 2.24) is 4.57 Å². The minimum atomic E-state index is 0.0800. The van der Waals surface area contributed by atoms with Gasteiger partial charge in [0.2, 0.25) is 5.91 Å². The van der Waals surface area contributed by atoms with E-state index in [0.29, 0.717) is 13.1 Å². The number of rotatable bonds is 5. The molecule has 1 aromatic heterocycles. The Morgan fingerprint density at radius 3 is 2.71 bits per heavy atom. The molecule has 0 bridgehead atoms. The van der Waals surface area contributed by atoms with Gasteiger partial charge in [0.15, 0.2) is 0 Å². The lowest BCUT2D eigenvalue weighted by Gasteiger charge is -2.22. The van der Waals surface area contributed by atoms with Crippen molar-refractivity contribution in [2.24, 2.45) is 0 Å². The van der Waals surface area contributed by atoms with Gasteiger partial charge in [-0.2, -0.15) is 0 Å². The van der Waals surface area contributed by atoms with Crippen LogP contribution < -0.4 is 9.64 Å². The normalized spacial score (nSPS) is 10.8. The predicted octanol–water partition coefficient (Wildman–Crippen LogP) is 4.01. The minimum Gasteiger partial charge on any atom is -0.497 e. The molecule has 124 valence electrons. The SMILES string of the molecule is CCN(C(=O)Cn1ccc2cc(OC)ccc21)c1cccc(C)c1. The number of fused-ring (bicyclic) bond motifs is 1. The number of benzene rings is 2. The summed E-state index contributed by atoms with van der Waals surface area (Å²) in [6.45, 7) is 5.00. The molecule has 4 nitrogen and oxygen atoms in total. The van der Waals surface area contributed by atoms with Gasteiger partial charge in [0.25, 0.3) is 0 Å². The third kappa shape index (κ3) is 3.13. The molecule has 0 atom stereocenters. The molecule has 3 rings (SSSR count). The van der Waals surface area contributed by atoms with E-state index in [1.54, 1.807) is 7.11 Å². The van der Waals surface area contributed by atoms with E-state index < -0.39 is 0 Å². The molecular weight excluding hydrogens is 300 g/mol. The van der Waals surface area contributed by atoms with Crippen molar-refractivity contribution in [2.45, 2.75) is 20.4 Å². The van der Waals surface area contributed by atoms with Gasteiger partial charge in [-0.15, -0.1) is 0 Å². The maximum Gasteiger partial charge on any atom is 0.246 e. The van der Waals surface area contributed by atoms with Crippen molar-refractivity contribution < 1.29 is 9.53 Å². The van der Waals surface area contributed by atoms with Crippen LogP contribution in [0.5, 0.6) is 5.75 Å². The summed E-state index contributed by atoms with van der Waals surface area (Å²) in [7, 11) is 1.66. The molecule has 0 aliphatic heterocycles. The zero-order valence-electron chi connectivity index (χ0n) is 14.3. The molecule has 0 unspecified atom stereocenters. The Labute approximate surface area is 142 Å². The third-order valence-corrected chi connectivity index (χ3v) is 4.21. The summed E-state index contributed by atoms with van der Waals surface area (Å²) in [5.74, 6) is 0.901. The first-order valence-corrected chi connectivity index (χ1v) is 8.12. The minimum absolute atomic E-state index is 0.0800. The van der Waals surface area contributed by atoms with Crippen LogP contribution in [-0.4, -0.2) is 24.1 Å². The average Bonchev–Trinajstić information content (AvgIpc) is 2.97. The smallest absolute Gasteiger partial charge is 0.246 e. The van der Waals surface area contributed by atoms with E-state index in [4.69, 9.17) is 4.74 Å². The Morgan fingerprint density at radius 2 is 2.00 bits per heavy atom. The Balaban J connectivity index is 1.85. The molecule has 2 aromatic carbocycles. The first-order valence-electron chi connectivity index (χ1n) is 8.12. The lowest BCUT2D eigenvalue weighted by atomic mass is 10.2. The van der Waals surface area contributed by atoms with Crippen molar-refractivity contribution in [3.63, 3.8) is 0 Å². The second-order valence-corrected chi connectivity index (χ2v) is 5.85. The molecule has 1 amide bonds. The first kappa shape index (κ1) is 16.1. The standard InChI is InChI=1S/C20H22N2O2/c1-4-22(17-7-5-6-15(2)12-17)20(23)14-21-11-10-16-13-18(24-3)8-9-19(16)21/h5-13H,4,14H2,1-3H3. The van der Waals surface area contributed by atoms with Crippen molar-refractivity contribution >= 4 is 22.5 Å². The molecule has 0 saturated heterocycles. The van der Waals surface area contributed by atoms with Gasteiger partial charge in [0.05, 0.1) is 7.11 Å². The fourth-order valence-corrected chi connectivity index (χ4v) is 2.97. The van der Waals surface area contributed by atoms with Gasteiger partial charge < -0.3 is 14.2 Å². The van der Waals surface area contributed by atoms with Crippen molar-refractivity contribution in [3.05, 3.63) is 60.3 Å². The van der Waals surface area contributed by atoms with Crippen LogP contribution in [0, 0.1) is 6.92 Å². The second kappa shape index (κ2) is 6.79. The van der Waals surface area contributed by atoms with Crippen LogP contribution >= 0.6 is 0 Å². The molecule has 3 aromatic rings. The van der Waals surface area contributed by atoms with Gasteiger partial charge in [-0.25, -0.2) is 0 Å². The number of carbonyl (C=O) groups is 1. The zero-order valence-corrected chi connectivity index (χ0v) is 14.3. The van der Waals surface area contributed by atoms with Crippen LogP contribution in [0.2, 0.25) is 0 Å². The molecule has 0 fully saturated rings. The lowest BCUT2D eigenvalue weighted by Crippen LogP contribution is -2.33. The van der Waals surface area contributed by atoms with Gasteiger partial charge in [-0.05, 0) is 55.8 Å². The molecular formula is C20H22N2O2. The Bertz CT molecular complexity index is 867. The highest BCUT2D eigenvalue weighted by molar-refractivity contribution is 5.94. The van der Waals surface area contributed by atoms with Crippen LogP contribution in [0.1, 0.15) is 12.5 Å². The number of methoxy groups -OCH3 is 1. The largest absolute Gasteiger partial charge is 0.497 e. The van der Waals surface area contributed by atoms with Gasteiger partial charge in [-0.3, -0.25) is 4.79 Å². The van der Waals surface area contributed by atoms with Crippen LogP contribution in [0.15, 0.2) is 54.7 Å². The summed E-state index contributed by atoms with van der Waals surface area (Å²) in [6, 6.07) is 15.9. The summed E-state index contributed by atoms with van der Waals surface area (Å²) in [4.78, 5) is 14.6. The van der Waals surface area contributed by atoms with Gasteiger partial charge in [-0.1, -0.05) is 12.1 Å². The van der Waals surface area contributed by atoms with Crippen LogP contribution in [0.4, 0.5) is 5.69 Å². The summed E-state index contributed by atoms with van der Waals surface area (Å²) < 4.78 is 7.23. The Hall–Kier alpha value is -2.75.